The van der Waals surface area contributed by atoms with E-state index in [0.29, 0.717) is 22.5 Å². The van der Waals surface area contributed by atoms with Crippen molar-refractivity contribution in [1.29, 1.82) is 0 Å². The predicted molar refractivity (Wildman–Crippen MR) is 116 cm³/mol. The zero-order valence-electron chi connectivity index (χ0n) is 19.2. The molecule has 4 aliphatic carbocycles. The van der Waals surface area contributed by atoms with Gasteiger partial charge in [0.15, 0.2) is 0 Å². The molecule has 0 amide bonds. The van der Waals surface area contributed by atoms with E-state index in [1.54, 1.807) is 0 Å². The van der Waals surface area contributed by atoms with Gasteiger partial charge < -0.3 is 0 Å². The van der Waals surface area contributed by atoms with Crippen molar-refractivity contribution >= 4 is 5.78 Å². The van der Waals surface area contributed by atoms with E-state index in [-0.39, 0.29) is 0 Å². The van der Waals surface area contributed by atoms with Gasteiger partial charge in [0, 0.05) is 5.92 Å². The number of carbonyl (C=O) groups excluding carboxylic acids is 1. The number of hydrogen-bond donors (Lipinski definition) is 0. The first-order valence-electron chi connectivity index (χ1n) is 12.4. The van der Waals surface area contributed by atoms with Crippen LogP contribution in [0.25, 0.3) is 0 Å². The van der Waals surface area contributed by atoms with Crippen molar-refractivity contribution in [3.05, 3.63) is 0 Å². The fourth-order valence-electron chi connectivity index (χ4n) is 8.91. The topological polar surface area (TPSA) is 17.1 Å². The van der Waals surface area contributed by atoms with Gasteiger partial charge in [-0.25, -0.2) is 0 Å². The van der Waals surface area contributed by atoms with Gasteiger partial charge in [-0.15, -0.1) is 0 Å². The minimum atomic E-state index is 0.326. The third kappa shape index (κ3) is 3.33. The van der Waals surface area contributed by atoms with Gasteiger partial charge in [0.25, 0.3) is 0 Å². The van der Waals surface area contributed by atoms with Gasteiger partial charge >= 0.3 is 0 Å². The van der Waals surface area contributed by atoms with Gasteiger partial charge in [0.2, 0.25) is 0 Å². The van der Waals surface area contributed by atoms with Gasteiger partial charge in [0.05, 0.1) is 0 Å². The minimum absolute atomic E-state index is 0.326. The normalized spacial score (nSPS) is 49.0. The van der Waals surface area contributed by atoms with Gasteiger partial charge in [-0.3, -0.25) is 4.79 Å². The van der Waals surface area contributed by atoms with E-state index in [4.69, 9.17) is 0 Å². The van der Waals surface area contributed by atoms with Crippen molar-refractivity contribution in [2.24, 2.45) is 46.3 Å². The number of carbonyl (C=O) groups is 1. The molecule has 0 saturated heterocycles. The van der Waals surface area contributed by atoms with Gasteiger partial charge in [-0.2, -0.15) is 0 Å². The molecule has 0 radical (unpaired) electrons. The van der Waals surface area contributed by atoms with Crippen LogP contribution in [0.2, 0.25) is 0 Å². The summed E-state index contributed by atoms with van der Waals surface area (Å²) in [7, 11) is 0. The van der Waals surface area contributed by atoms with Crippen LogP contribution >= 0.6 is 0 Å². The van der Waals surface area contributed by atoms with Gasteiger partial charge in [-0.1, -0.05) is 47.5 Å². The molecule has 1 heteroatoms. The zero-order chi connectivity index (χ0) is 19.8. The molecule has 0 aromatic rings. The van der Waals surface area contributed by atoms with Crippen LogP contribution in [0.5, 0.6) is 0 Å². The van der Waals surface area contributed by atoms with Crippen LogP contribution in [0.4, 0.5) is 0 Å². The molecular formula is C26H46O. The second-order valence-corrected chi connectivity index (χ2v) is 10.8. The molecule has 156 valence electrons. The lowest BCUT2D eigenvalue weighted by Crippen LogP contribution is -2.53. The number of fused-ring (bicyclic) bond motifs is 5. The molecule has 0 heterocycles. The fraction of sp³-hybridized carbons (Fsp3) is 0.962. The molecule has 1 nitrogen and oxygen atoms in total. The summed E-state index contributed by atoms with van der Waals surface area (Å²) in [5, 5.41) is 0. The van der Waals surface area contributed by atoms with Crippen molar-refractivity contribution in [3.63, 3.8) is 0 Å². The summed E-state index contributed by atoms with van der Waals surface area (Å²) >= 11 is 0. The maximum atomic E-state index is 12.3. The Bertz CT molecular complexity index is 524. The van der Waals surface area contributed by atoms with E-state index in [0.717, 1.165) is 29.6 Å². The van der Waals surface area contributed by atoms with Crippen molar-refractivity contribution in [1.82, 2.24) is 0 Å². The van der Waals surface area contributed by atoms with E-state index < -0.39 is 0 Å². The Morgan fingerprint density at radius 1 is 0.963 bits per heavy atom. The molecular weight excluding hydrogens is 328 g/mol. The number of Topliss-reactive ketones (excluding diaryl/α,β-unsaturated/α-hetero) is 1. The monoisotopic (exact) mass is 374 g/mol. The molecule has 4 rings (SSSR count). The summed E-state index contributed by atoms with van der Waals surface area (Å²) in [6.07, 6.45) is 15.5. The minimum Gasteiger partial charge on any atom is -0.300 e. The summed E-state index contributed by atoms with van der Waals surface area (Å²) in [4.78, 5) is 12.3. The van der Waals surface area contributed by atoms with Crippen LogP contribution in [0.15, 0.2) is 0 Å². The molecule has 8 atom stereocenters. The SMILES string of the molecule is CC.CCC12CCCC(C)CC1CCC1C3CCC(C(C)=O)C3(C)CCC12. The fourth-order valence-corrected chi connectivity index (χ4v) is 8.91. The van der Waals surface area contributed by atoms with Crippen LogP contribution in [0.1, 0.15) is 112 Å². The van der Waals surface area contributed by atoms with Crippen molar-refractivity contribution in [2.45, 2.75) is 112 Å². The van der Waals surface area contributed by atoms with Crippen molar-refractivity contribution < 1.29 is 4.79 Å². The highest BCUT2D eigenvalue weighted by molar-refractivity contribution is 5.79. The average molecular weight is 375 g/mol. The average Bonchev–Trinajstić information content (AvgIpc) is 2.92. The lowest BCUT2D eigenvalue weighted by molar-refractivity contribution is -0.133. The lowest BCUT2D eigenvalue weighted by Gasteiger charge is -2.60. The van der Waals surface area contributed by atoms with E-state index in [2.05, 4.69) is 20.8 Å². The van der Waals surface area contributed by atoms with Crippen molar-refractivity contribution in [2.75, 3.05) is 0 Å². The Morgan fingerprint density at radius 2 is 1.70 bits per heavy atom. The first-order valence-corrected chi connectivity index (χ1v) is 12.4. The number of ketones is 1. The molecule has 4 saturated carbocycles. The lowest BCUT2D eigenvalue weighted by atomic mass is 9.45. The Balaban J connectivity index is 0.00000102. The third-order valence-corrected chi connectivity index (χ3v) is 10.0. The Kier molecular flexibility index (Phi) is 6.49. The van der Waals surface area contributed by atoms with Crippen LogP contribution < -0.4 is 0 Å². The summed E-state index contributed by atoms with van der Waals surface area (Å²) in [5.74, 6) is 5.50. The molecule has 27 heavy (non-hydrogen) atoms. The van der Waals surface area contributed by atoms with Crippen LogP contribution in [0, 0.1) is 46.3 Å². The Morgan fingerprint density at radius 3 is 2.37 bits per heavy atom. The molecule has 0 aliphatic heterocycles. The largest absolute Gasteiger partial charge is 0.300 e. The molecule has 0 aromatic carbocycles. The molecule has 0 bridgehead atoms. The summed E-state index contributed by atoms with van der Waals surface area (Å²) in [6, 6.07) is 0. The predicted octanol–water partition coefficient (Wildman–Crippen LogP) is 7.68. The number of hydrogen-bond acceptors (Lipinski definition) is 1. The van der Waals surface area contributed by atoms with E-state index in [9.17, 15) is 4.79 Å². The standard InChI is InChI=1S/C24H40O.C2H6/c1-5-24-13-6-7-16(2)15-18(24)8-9-19-21-11-10-20(17(3)25)23(21,4)14-12-22(19)24;1-2/h16,18-22H,5-15H2,1-4H3;1-2H3. The van der Waals surface area contributed by atoms with Crippen LogP contribution in [-0.4, -0.2) is 5.78 Å². The van der Waals surface area contributed by atoms with E-state index >= 15 is 0 Å². The molecule has 4 aliphatic rings. The Hall–Kier alpha value is -0.330. The van der Waals surface area contributed by atoms with Crippen molar-refractivity contribution in [3.8, 4) is 0 Å². The first-order chi connectivity index (χ1) is 12.9. The highest BCUT2D eigenvalue weighted by Gasteiger charge is 2.60. The second-order valence-electron chi connectivity index (χ2n) is 10.8. The molecule has 0 aromatic heterocycles. The van der Waals surface area contributed by atoms with E-state index in [1.165, 1.54) is 70.6 Å². The summed E-state index contributed by atoms with van der Waals surface area (Å²) in [5.41, 5.74) is 0.968. The highest BCUT2D eigenvalue weighted by atomic mass is 16.1. The molecule has 8 unspecified atom stereocenters. The maximum absolute atomic E-state index is 12.3. The quantitative estimate of drug-likeness (QED) is 0.484. The second kappa shape index (κ2) is 8.19. The zero-order valence-corrected chi connectivity index (χ0v) is 19.2. The van der Waals surface area contributed by atoms with Crippen LogP contribution in [0.3, 0.4) is 0 Å². The smallest absolute Gasteiger partial charge is 0.133 e. The number of rotatable bonds is 2. The van der Waals surface area contributed by atoms with Crippen LogP contribution in [-0.2, 0) is 4.79 Å². The first kappa shape index (κ1) is 21.4. The Labute approximate surface area is 169 Å². The molecule has 0 spiro atoms. The maximum Gasteiger partial charge on any atom is 0.133 e. The molecule has 4 fully saturated rings. The summed E-state index contributed by atoms with van der Waals surface area (Å²) < 4.78 is 0. The van der Waals surface area contributed by atoms with Gasteiger partial charge in [-0.05, 0) is 105 Å². The molecule has 0 N–H and O–H groups in total. The third-order valence-electron chi connectivity index (χ3n) is 10.0. The van der Waals surface area contributed by atoms with Gasteiger partial charge in [0.1, 0.15) is 5.78 Å². The summed E-state index contributed by atoms with van der Waals surface area (Å²) in [6.45, 7) is 13.4. The van der Waals surface area contributed by atoms with E-state index in [1.807, 2.05) is 20.8 Å². The highest BCUT2D eigenvalue weighted by Crippen LogP contribution is 2.68.